The number of amides is 1. The van der Waals surface area contributed by atoms with Crippen LogP contribution in [0.5, 0.6) is 0 Å². The first-order valence-corrected chi connectivity index (χ1v) is 8.78. The molecule has 0 bridgehead atoms. The van der Waals surface area contributed by atoms with Gasteiger partial charge < -0.3 is 10.2 Å². The predicted molar refractivity (Wildman–Crippen MR) is 99.4 cm³/mol. The summed E-state index contributed by atoms with van der Waals surface area (Å²) in [5, 5.41) is 12.2. The number of nitrogens with zero attached hydrogens (tertiary/aromatic N) is 5. The van der Waals surface area contributed by atoms with E-state index in [1.54, 1.807) is 15.6 Å². The molecule has 1 unspecified atom stereocenters. The second-order valence-electron chi connectivity index (χ2n) is 6.61. The number of likely N-dealkylation sites (tertiary alicyclic amines) is 1. The van der Waals surface area contributed by atoms with Crippen LogP contribution in [0.15, 0.2) is 48.8 Å². The average molecular weight is 350 g/mol. The van der Waals surface area contributed by atoms with E-state index in [-0.39, 0.29) is 11.9 Å². The molecule has 3 heterocycles. The van der Waals surface area contributed by atoms with E-state index >= 15 is 0 Å². The number of para-hydroxylation sites is 1. The van der Waals surface area contributed by atoms with Crippen LogP contribution in [0.4, 0.5) is 5.69 Å². The van der Waals surface area contributed by atoms with Gasteiger partial charge in [0, 0.05) is 44.3 Å². The fourth-order valence-electron chi connectivity index (χ4n) is 3.54. The summed E-state index contributed by atoms with van der Waals surface area (Å²) in [6.07, 6.45) is 4.46. The van der Waals surface area contributed by atoms with E-state index in [1.165, 1.54) is 0 Å². The van der Waals surface area contributed by atoms with Crippen molar-refractivity contribution >= 4 is 11.6 Å². The molecular weight excluding hydrogens is 328 g/mol. The first-order chi connectivity index (χ1) is 12.6. The molecule has 1 N–H and O–H groups in total. The highest BCUT2D eigenvalue weighted by Crippen LogP contribution is 2.23. The molecule has 0 saturated carbocycles. The van der Waals surface area contributed by atoms with Gasteiger partial charge >= 0.3 is 0 Å². The van der Waals surface area contributed by atoms with E-state index in [2.05, 4.69) is 15.5 Å². The molecule has 3 aromatic rings. The van der Waals surface area contributed by atoms with E-state index in [9.17, 15) is 4.79 Å². The maximum absolute atomic E-state index is 13.2. The highest BCUT2D eigenvalue weighted by atomic mass is 16.2. The van der Waals surface area contributed by atoms with Gasteiger partial charge in [-0.3, -0.25) is 4.79 Å². The standard InChI is InChI=1S/C19H22N6O/c1-14-17(18(23(2)22-14)25-11-6-10-20-25)19(26)24-12-9-16(13-24)21-15-7-4-3-5-8-15/h3-8,10-11,16,21H,9,12-13H2,1-2H3. The molecule has 1 aromatic carbocycles. The highest BCUT2D eigenvalue weighted by molar-refractivity contribution is 5.98. The zero-order chi connectivity index (χ0) is 18.1. The van der Waals surface area contributed by atoms with Crippen LogP contribution in [0.25, 0.3) is 5.82 Å². The van der Waals surface area contributed by atoms with Crippen molar-refractivity contribution in [1.29, 1.82) is 0 Å². The zero-order valence-electron chi connectivity index (χ0n) is 15.0. The number of rotatable bonds is 4. The Hall–Kier alpha value is -3.09. The summed E-state index contributed by atoms with van der Waals surface area (Å²) in [5.74, 6) is 0.718. The lowest BCUT2D eigenvalue weighted by atomic mass is 10.2. The van der Waals surface area contributed by atoms with Gasteiger partial charge in [0.2, 0.25) is 0 Å². The molecule has 1 atom stereocenters. The number of carbonyl (C=O) groups excluding carboxylic acids is 1. The van der Waals surface area contributed by atoms with Gasteiger partial charge in [0.1, 0.15) is 5.56 Å². The van der Waals surface area contributed by atoms with Crippen molar-refractivity contribution in [2.75, 3.05) is 18.4 Å². The van der Waals surface area contributed by atoms with Crippen molar-refractivity contribution in [1.82, 2.24) is 24.5 Å². The highest BCUT2D eigenvalue weighted by Gasteiger charge is 2.31. The average Bonchev–Trinajstić information content (AvgIpc) is 3.36. The summed E-state index contributed by atoms with van der Waals surface area (Å²) >= 11 is 0. The first kappa shape index (κ1) is 16.4. The molecule has 7 nitrogen and oxygen atoms in total. The number of benzene rings is 1. The minimum atomic E-state index is 0.0125. The lowest BCUT2D eigenvalue weighted by Crippen LogP contribution is -2.32. The molecule has 7 heteroatoms. The monoisotopic (exact) mass is 350 g/mol. The summed E-state index contributed by atoms with van der Waals surface area (Å²) in [5.41, 5.74) is 2.43. The number of nitrogens with one attached hydrogen (secondary N) is 1. The van der Waals surface area contributed by atoms with Crippen molar-refractivity contribution in [2.45, 2.75) is 19.4 Å². The number of aryl methyl sites for hydroxylation is 2. The summed E-state index contributed by atoms with van der Waals surface area (Å²) in [7, 11) is 1.84. The van der Waals surface area contributed by atoms with Crippen molar-refractivity contribution in [3.8, 4) is 5.82 Å². The summed E-state index contributed by atoms with van der Waals surface area (Å²) in [4.78, 5) is 15.1. The van der Waals surface area contributed by atoms with Crippen molar-refractivity contribution in [2.24, 2.45) is 7.05 Å². The van der Waals surface area contributed by atoms with Crippen LogP contribution in [0, 0.1) is 6.92 Å². The van der Waals surface area contributed by atoms with Crippen LogP contribution in [0.3, 0.4) is 0 Å². The Kier molecular flexibility index (Phi) is 4.20. The SMILES string of the molecule is Cc1nn(C)c(-n2cccn2)c1C(=O)N1CCC(Nc2ccccc2)C1. The summed E-state index contributed by atoms with van der Waals surface area (Å²) < 4.78 is 3.41. The fraction of sp³-hybridized carbons (Fsp3) is 0.316. The fourth-order valence-corrected chi connectivity index (χ4v) is 3.54. The number of hydrogen-bond acceptors (Lipinski definition) is 4. The van der Waals surface area contributed by atoms with Crippen molar-refractivity contribution in [3.63, 3.8) is 0 Å². The predicted octanol–water partition coefficient (Wildman–Crippen LogP) is 2.24. The van der Waals surface area contributed by atoms with E-state index in [1.807, 2.05) is 61.5 Å². The van der Waals surface area contributed by atoms with Crippen LogP contribution in [-0.2, 0) is 7.05 Å². The third-order valence-electron chi connectivity index (χ3n) is 4.75. The molecule has 2 aromatic heterocycles. The Morgan fingerprint density at radius 3 is 2.77 bits per heavy atom. The van der Waals surface area contributed by atoms with Crippen molar-refractivity contribution in [3.05, 3.63) is 60.0 Å². The van der Waals surface area contributed by atoms with Crippen LogP contribution in [-0.4, -0.2) is 49.5 Å². The normalized spacial score (nSPS) is 16.8. The lowest BCUT2D eigenvalue weighted by Gasteiger charge is -2.18. The van der Waals surface area contributed by atoms with Gasteiger partial charge in [-0.25, -0.2) is 9.36 Å². The molecule has 0 aliphatic carbocycles. The van der Waals surface area contributed by atoms with Crippen LogP contribution >= 0.6 is 0 Å². The van der Waals surface area contributed by atoms with Gasteiger partial charge in [0.15, 0.2) is 5.82 Å². The lowest BCUT2D eigenvalue weighted by molar-refractivity contribution is 0.0790. The second kappa shape index (κ2) is 6.67. The smallest absolute Gasteiger partial charge is 0.259 e. The number of anilines is 1. The van der Waals surface area contributed by atoms with E-state index in [0.29, 0.717) is 17.9 Å². The molecule has 26 heavy (non-hydrogen) atoms. The van der Waals surface area contributed by atoms with Gasteiger partial charge in [-0.15, -0.1) is 0 Å². The van der Waals surface area contributed by atoms with Crippen LogP contribution in [0.1, 0.15) is 22.5 Å². The zero-order valence-corrected chi connectivity index (χ0v) is 15.0. The third-order valence-corrected chi connectivity index (χ3v) is 4.75. The van der Waals surface area contributed by atoms with Gasteiger partial charge in [-0.2, -0.15) is 10.2 Å². The molecule has 1 aliphatic heterocycles. The van der Waals surface area contributed by atoms with Gasteiger partial charge in [0.25, 0.3) is 5.91 Å². The Morgan fingerprint density at radius 2 is 2.04 bits per heavy atom. The Bertz CT molecular complexity index is 900. The maximum Gasteiger partial charge on any atom is 0.259 e. The van der Waals surface area contributed by atoms with Gasteiger partial charge in [-0.1, -0.05) is 18.2 Å². The van der Waals surface area contributed by atoms with Gasteiger partial charge in [-0.05, 0) is 31.5 Å². The molecule has 4 rings (SSSR count). The molecule has 1 fully saturated rings. The topological polar surface area (TPSA) is 68.0 Å². The number of carbonyl (C=O) groups is 1. The largest absolute Gasteiger partial charge is 0.380 e. The summed E-state index contributed by atoms with van der Waals surface area (Å²) in [6, 6.07) is 12.2. The number of hydrogen-bond donors (Lipinski definition) is 1. The quantitative estimate of drug-likeness (QED) is 0.784. The molecule has 1 amide bonds. The molecule has 1 aliphatic rings. The van der Waals surface area contributed by atoms with E-state index < -0.39 is 0 Å². The van der Waals surface area contributed by atoms with Crippen LogP contribution in [0.2, 0.25) is 0 Å². The molecule has 0 spiro atoms. The minimum Gasteiger partial charge on any atom is -0.380 e. The Labute approximate surface area is 152 Å². The Balaban J connectivity index is 1.54. The van der Waals surface area contributed by atoms with Gasteiger partial charge in [0.05, 0.1) is 5.69 Å². The molecule has 0 radical (unpaired) electrons. The second-order valence-corrected chi connectivity index (χ2v) is 6.61. The molecule has 1 saturated heterocycles. The maximum atomic E-state index is 13.2. The molecular formula is C19H22N6O. The first-order valence-electron chi connectivity index (χ1n) is 8.78. The van der Waals surface area contributed by atoms with E-state index in [0.717, 1.165) is 24.3 Å². The van der Waals surface area contributed by atoms with Crippen LogP contribution < -0.4 is 5.32 Å². The van der Waals surface area contributed by atoms with Crippen molar-refractivity contribution < 1.29 is 4.79 Å². The number of aromatic nitrogens is 4. The summed E-state index contributed by atoms with van der Waals surface area (Å²) in [6.45, 7) is 3.28. The minimum absolute atomic E-state index is 0.0125. The Morgan fingerprint density at radius 1 is 1.23 bits per heavy atom. The molecule has 134 valence electrons. The van der Waals surface area contributed by atoms with E-state index in [4.69, 9.17) is 0 Å². The third kappa shape index (κ3) is 2.96.